The number of carbonyl (C=O) groups excluding carboxylic acids is 1. The lowest BCUT2D eigenvalue weighted by molar-refractivity contribution is -0.0196. The molecule has 4 heterocycles. The number of aromatic nitrogens is 4. The molecule has 2 N–H and O–H groups in total. The number of fused-ring (bicyclic) bond motifs is 2. The molecule has 2 aliphatic carbocycles. The predicted octanol–water partition coefficient (Wildman–Crippen LogP) is 3.29. The molecule has 2 saturated carbocycles. The van der Waals surface area contributed by atoms with Crippen LogP contribution in [0.5, 0.6) is 0 Å². The number of benzene rings is 1. The first-order valence-electron chi connectivity index (χ1n) is 14.1. The molecule has 1 saturated heterocycles. The molecular weight excluding hydrogens is 492 g/mol. The SMILES string of the molecule is O=C(N[C@H]1CC2(C1)C[C@H](c1n[nH]c(=O)c3ccccc31)C2)c1cnn2cc(CCCN3CCOCC3)ccc12. The summed E-state index contributed by atoms with van der Waals surface area (Å²) in [5.41, 5.74) is 3.84. The number of H-pyrrole nitrogens is 1. The molecule has 202 valence electrons. The topological polar surface area (TPSA) is 105 Å². The van der Waals surface area contributed by atoms with Gasteiger partial charge in [0.1, 0.15) is 0 Å². The number of amides is 1. The van der Waals surface area contributed by atoms with Crippen LogP contribution in [0.4, 0.5) is 0 Å². The van der Waals surface area contributed by atoms with Gasteiger partial charge in [-0.25, -0.2) is 9.61 Å². The van der Waals surface area contributed by atoms with Crippen molar-refractivity contribution in [2.24, 2.45) is 5.41 Å². The second-order valence-electron chi connectivity index (χ2n) is 11.7. The second kappa shape index (κ2) is 9.88. The zero-order chi connectivity index (χ0) is 26.4. The number of rotatable bonds is 7. The normalized spacial score (nSPS) is 25.0. The van der Waals surface area contributed by atoms with Crippen molar-refractivity contribution in [2.75, 3.05) is 32.8 Å². The highest BCUT2D eigenvalue weighted by atomic mass is 16.5. The number of hydrogen-bond donors (Lipinski definition) is 2. The van der Waals surface area contributed by atoms with E-state index < -0.39 is 0 Å². The summed E-state index contributed by atoms with van der Waals surface area (Å²) in [5.74, 6) is 0.306. The van der Waals surface area contributed by atoms with E-state index in [9.17, 15) is 9.59 Å². The number of pyridine rings is 1. The summed E-state index contributed by atoms with van der Waals surface area (Å²) in [6.07, 6.45) is 9.89. The summed E-state index contributed by atoms with van der Waals surface area (Å²) in [6.45, 7) is 4.78. The van der Waals surface area contributed by atoms with E-state index in [0.717, 1.165) is 88.0 Å². The van der Waals surface area contributed by atoms with Crippen LogP contribution in [0.15, 0.2) is 53.6 Å². The third-order valence-electron chi connectivity index (χ3n) is 9.03. The lowest BCUT2D eigenvalue weighted by atomic mass is 9.49. The highest BCUT2D eigenvalue weighted by molar-refractivity contribution is 6.00. The number of aryl methyl sites for hydroxylation is 1. The third-order valence-corrected chi connectivity index (χ3v) is 9.03. The van der Waals surface area contributed by atoms with Gasteiger partial charge in [-0.05, 0) is 68.2 Å². The predicted molar refractivity (Wildman–Crippen MR) is 148 cm³/mol. The van der Waals surface area contributed by atoms with Gasteiger partial charge in [0.15, 0.2) is 0 Å². The largest absolute Gasteiger partial charge is 0.379 e. The number of hydrogen-bond acceptors (Lipinski definition) is 6. The molecule has 4 aromatic rings. The third kappa shape index (κ3) is 4.63. The van der Waals surface area contributed by atoms with Crippen LogP contribution in [0, 0.1) is 5.41 Å². The average molecular weight is 527 g/mol. The molecule has 3 aliphatic rings. The summed E-state index contributed by atoms with van der Waals surface area (Å²) in [7, 11) is 0. The van der Waals surface area contributed by atoms with Crippen LogP contribution < -0.4 is 10.9 Å². The van der Waals surface area contributed by atoms with Gasteiger partial charge in [-0.15, -0.1) is 0 Å². The number of carbonyl (C=O) groups is 1. The first-order valence-corrected chi connectivity index (χ1v) is 14.1. The van der Waals surface area contributed by atoms with Gasteiger partial charge < -0.3 is 10.1 Å². The van der Waals surface area contributed by atoms with Crippen molar-refractivity contribution in [3.05, 3.63) is 76.0 Å². The maximum absolute atomic E-state index is 13.1. The molecule has 3 aromatic heterocycles. The van der Waals surface area contributed by atoms with Gasteiger partial charge in [0.05, 0.1) is 41.6 Å². The molecule has 9 nitrogen and oxygen atoms in total. The summed E-state index contributed by atoms with van der Waals surface area (Å²) >= 11 is 0. The number of morpholine rings is 1. The Kier molecular flexibility index (Phi) is 6.20. The van der Waals surface area contributed by atoms with E-state index in [-0.39, 0.29) is 22.9 Å². The summed E-state index contributed by atoms with van der Waals surface area (Å²) in [4.78, 5) is 27.7. The Morgan fingerprint density at radius 1 is 1.08 bits per heavy atom. The molecule has 1 aliphatic heterocycles. The van der Waals surface area contributed by atoms with E-state index in [1.165, 1.54) is 5.56 Å². The fourth-order valence-electron chi connectivity index (χ4n) is 6.99. The highest BCUT2D eigenvalue weighted by Crippen LogP contribution is 2.62. The lowest BCUT2D eigenvalue weighted by Crippen LogP contribution is -2.55. The molecule has 3 fully saturated rings. The van der Waals surface area contributed by atoms with E-state index in [0.29, 0.717) is 16.9 Å². The van der Waals surface area contributed by atoms with Crippen molar-refractivity contribution in [3.8, 4) is 0 Å². The van der Waals surface area contributed by atoms with Crippen molar-refractivity contribution in [3.63, 3.8) is 0 Å². The molecule has 7 rings (SSSR count). The Labute approximate surface area is 226 Å². The Balaban J connectivity index is 0.929. The second-order valence-corrected chi connectivity index (χ2v) is 11.7. The van der Waals surface area contributed by atoms with Gasteiger partial charge in [0.25, 0.3) is 11.5 Å². The fourth-order valence-corrected chi connectivity index (χ4v) is 6.99. The maximum atomic E-state index is 13.1. The van der Waals surface area contributed by atoms with Gasteiger partial charge in [-0.2, -0.15) is 10.2 Å². The zero-order valence-electron chi connectivity index (χ0n) is 22.1. The standard InChI is InChI=1S/C30H34N6O3/c37-28(25-18-31-36-19-20(7-8-26(25)36)4-3-9-35-10-12-39-13-11-35)32-22-16-30(17-22)14-21(15-30)27-23-5-1-2-6-24(23)29(38)34-33-27/h1-2,5-8,18-19,21-22H,3-4,9-17H2,(H,32,37)(H,34,38)/t21-,22-,30?. The quantitative estimate of drug-likeness (QED) is 0.383. The summed E-state index contributed by atoms with van der Waals surface area (Å²) in [6, 6.07) is 12.0. The van der Waals surface area contributed by atoms with Crippen LogP contribution in [-0.2, 0) is 11.2 Å². The molecule has 9 heteroatoms. The van der Waals surface area contributed by atoms with E-state index in [1.807, 2.05) is 41.0 Å². The van der Waals surface area contributed by atoms with Crippen LogP contribution in [0.2, 0.25) is 0 Å². The number of nitrogens with one attached hydrogen (secondary N) is 2. The maximum Gasteiger partial charge on any atom is 0.272 e. The summed E-state index contributed by atoms with van der Waals surface area (Å²) in [5, 5.41) is 16.5. The first kappa shape index (κ1) is 24.5. The minimum absolute atomic E-state index is 0.0471. The van der Waals surface area contributed by atoms with E-state index in [1.54, 1.807) is 6.20 Å². The Bertz CT molecular complexity index is 1570. The fraction of sp³-hybridized carbons (Fsp3) is 0.467. The van der Waals surface area contributed by atoms with Gasteiger partial charge >= 0.3 is 0 Å². The average Bonchev–Trinajstić information content (AvgIpc) is 3.34. The Morgan fingerprint density at radius 3 is 2.69 bits per heavy atom. The van der Waals surface area contributed by atoms with E-state index in [2.05, 4.69) is 31.6 Å². The number of aromatic amines is 1. The van der Waals surface area contributed by atoms with Crippen LogP contribution in [0.25, 0.3) is 16.3 Å². The lowest BCUT2D eigenvalue weighted by Gasteiger charge is -2.57. The van der Waals surface area contributed by atoms with Crippen LogP contribution in [0.1, 0.15) is 59.6 Å². The molecule has 1 amide bonds. The number of ether oxygens (including phenoxy) is 1. The molecule has 0 atom stereocenters. The van der Waals surface area contributed by atoms with Gasteiger partial charge in [-0.3, -0.25) is 14.5 Å². The molecule has 0 unspecified atom stereocenters. The molecule has 0 radical (unpaired) electrons. The molecule has 1 aromatic carbocycles. The Hall–Kier alpha value is -3.56. The van der Waals surface area contributed by atoms with Crippen LogP contribution >= 0.6 is 0 Å². The van der Waals surface area contributed by atoms with Crippen molar-refractivity contribution >= 4 is 22.2 Å². The van der Waals surface area contributed by atoms with E-state index in [4.69, 9.17) is 4.74 Å². The Morgan fingerprint density at radius 2 is 1.87 bits per heavy atom. The van der Waals surface area contributed by atoms with Crippen molar-refractivity contribution in [1.82, 2.24) is 30.0 Å². The molecule has 0 bridgehead atoms. The molecular formula is C30H34N6O3. The highest BCUT2D eigenvalue weighted by Gasteiger charge is 2.54. The van der Waals surface area contributed by atoms with Gasteiger partial charge in [-0.1, -0.05) is 24.3 Å². The zero-order valence-corrected chi connectivity index (χ0v) is 22.1. The van der Waals surface area contributed by atoms with Crippen molar-refractivity contribution in [2.45, 2.75) is 50.5 Å². The summed E-state index contributed by atoms with van der Waals surface area (Å²) < 4.78 is 7.26. The molecule has 39 heavy (non-hydrogen) atoms. The number of nitrogens with zero attached hydrogens (tertiary/aromatic N) is 4. The van der Waals surface area contributed by atoms with Crippen molar-refractivity contribution < 1.29 is 9.53 Å². The van der Waals surface area contributed by atoms with Crippen LogP contribution in [0.3, 0.4) is 0 Å². The molecule has 1 spiro atoms. The monoisotopic (exact) mass is 526 g/mol. The van der Waals surface area contributed by atoms with Crippen LogP contribution in [-0.4, -0.2) is 69.5 Å². The minimum Gasteiger partial charge on any atom is -0.379 e. The van der Waals surface area contributed by atoms with Gasteiger partial charge in [0, 0.05) is 36.6 Å². The van der Waals surface area contributed by atoms with E-state index >= 15 is 0 Å². The first-order chi connectivity index (χ1) is 19.1. The van der Waals surface area contributed by atoms with Gasteiger partial charge in [0.2, 0.25) is 0 Å². The smallest absolute Gasteiger partial charge is 0.272 e. The van der Waals surface area contributed by atoms with Crippen molar-refractivity contribution in [1.29, 1.82) is 0 Å². The minimum atomic E-state index is -0.137.